The van der Waals surface area contributed by atoms with E-state index in [1.165, 1.54) is 60.9 Å². The molecule has 3 aromatic rings. The molecule has 3 atom stereocenters. The summed E-state index contributed by atoms with van der Waals surface area (Å²) in [4.78, 5) is 18.8. The van der Waals surface area contributed by atoms with Crippen molar-refractivity contribution in [2.45, 2.75) is 57.5 Å². The third-order valence-electron chi connectivity index (χ3n) is 8.01. The molecule has 2 aromatic heterocycles. The van der Waals surface area contributed by atoms with Gasteiger partial charge in [0.1, 0.15) is 5.65 Å². The summed E-state index contributed by atoms with van der Waals surface area (Å²) in [5.74, 6) is 1.62. The minimum absolute atomic E-state index is 0.668. The number of aldehydes is 1. The van der Waals surface area contributed by atoms with Gasteiger partial charge in [-0.25, -0.2) is 4.98 Å². The van der Waals surface area contributed by atoms with Crippen molar-refractivity contribution in [2.24, 2.45) is 18.9 Å². The van der Waals surface area contributed by atoms with Gasteiger partial charge in [-0.1, -0.05) is 32.3 Å². The van der Waals surface area contributed by atoms with Gasteiger partial charge < -0.3 is 9.47 Å². The summed E-state index contributed by atoms with van der Waals surface area (Å²) in [6.07, 6.45) is 10.8. The molecule has 2 saturated carbocycles. The smallest absolute Gasteiger partial charge is 0.166 e. The summed E-state index contributed by atoms with van der Waals surface area (Å²) < 4.78 is 1.88. The monoisotopic (exact) mass is 399 g/mol. The molecule has 30 heavy (non-hydrogen) atoms. The molecule has 0 radical (unpaired) electrons. The lowest BCUT2D eigenvalue weighted by molar-refractivity contribution is 0.111. The number of hydrogen-bond donors (Lipinski definition) is 0. The average molecular weight is 400 g/mol. The zero-order valence-corrected chi connectivity index (χ0v) is 17.8. The Morgan fingerprint density at radius 1 is 1.10 bits per heavy atom. The van der Waals surface area contributed by atoms with E-state index in [1.54, 1.807) is 0 Å². The SMILES string of the molecule is C[C@@H]1C2Cc3cc(-c4ccnc5c4cc(C=O)n5C)ccc3N(C3CCCCC3)C21. The second kappa shape index (κ2) is 6.69. The minimum Gasteiger partial charge on any atom is -0.365 e. The Kier molecular flexibility index (Phi) is 4.06. The van der Waals surface area contributed by atoms with E-state index in [4.69, 9.17) is 0 Å². The van der Waals surface area contributed by atoms with Crippen LogP contribution < -0.4 is 4.90 Å². The number of carbonyl (C=O) groups is 1. The standard InChI is InChI=1S/C26H29N3O/c1-16-22-13-18-12-17(21-10-11-27-26-23(21)14-20(15-30)28(26)2)8-9-24(18)29(25(16)22)19-6-4-3-5-7-19/h8-12,14-16,19,22,25H,3-7,13H2,1-2H3/t16-,22?,25?/m1/s1. The molecular weight excluding hydrogens is 370 g/mol. The third kappa shape index (κ3) is 2.59. The van der Waals surface area contributed by atoms with Gasteiger partial charge in [-0.2, -0.15) is 0 Å². The van der Waals surface area contributed by atoms with Crippen LogP contribution in [-0.2, 0) is 13.5 Å². The molecule has 154 valence electrons. The second-order valence-corrected chi connectivity index (χ2v) is 9.60. The maximum absolute atomic E-state index is 11.4. The van der Waals surface area contributed by atoms with Gasteiger partial charge in [-0.3, -0.25) is 4.79 Å². The zero-order valence-electron chi connectivity index (χ0n) is 17.8. The number of benzene rings is 1. The van der Waals surface area contributed by atoms with Crippen molar-refractivity contribution in [3.8, 4) is 11.1 Å². The summed E-state index contributed by atoms with van der Waals surface area (Å²) in [6, 6.07) is 12.6. The molecule has 3 heterocycles. The van der Waals surface area contributed by atoms with E-state index >= 15 is 0 Å². The average Bonchev–Trinajstić information content (AvgIpc) is 3.30. The van der Waals surface area contributed by atoms with E-state index in [2.05, 4.69) is 41.1 Å². The minimum atomic E-state index is 0.668. The molecule has 1 aromatic carbocycles. The highest BCUT2D eigenvalue weighted by Gasteiger charge is 2.54. The Hall–Kier alpha value is -2.62. The fourth-order valence-electron chi connectivity index (χ4n) is 6.27. The molecule has 3 aliphatic rings. The van der Waals surface area contributed by atoms with E-state index in [9.17, 15) is 4.79 Å². The van der Waals surface area contributed by atoms with E-state index < -0.39 is 0 Å². The molecule has 0 amide bonds. The van der Waals surface area contributed by atoms with Gasteiger partial charge in [0.15, 0.2) is 6.29 Å². The number of anilines is 1. The number of aryl methyl sites for hydroxylation is 1. The topological polar surface area (TPSA) is 38.1 Å². The van der Waals surface area contributed by atoms with Gasteiger partial charge in [-0.05, 0) is 72.1 Å². The van der Waals surface area contributed by atoms with Crippen LogP contribution in [0.5, 0.6) is 0 Å². The molecule has 2 fully saturated rings. The zero-order chi connectivity index (χ0) is 20.4. The van der Waals surface area contributed by atoms with Gasteiger partial charge in [0.2, 0.25) is 0 Å². The number of nitrogens with zero attached hydrogens (tertiary/aromatic N) is 3. The molecule has 0 bridgehead atoms. The van der Waals surface area contributed by atoms with E-state index in [-0.39, 0.29) is 0 Å². The summed E-state index contributed by atoms with van der Waals surface area (Å²) in [5, 5.41) is 1.06. The van der Waals surface area contributed by atoms with Crippen LogP contribution >= 0.6 is 0 Å². The Morgan fingerprint density at radius 2 is 1.93 bits per heavy atom. The van der Waals surface area contributed by atoms with E-state index in [0.717, 1.165) is 41.2 Å². The fourth-order valence-corrected chi connectivity index (χ4v) is 6.27. The third-order valence-corrected chi connectivity index (χ3v) is 8.01. The normalized spacial score (nSPS) is 25.8. The van der Waals surface area contributed by atoms with Crippen molar-refractivity contribution >= 4 is 23.0 Å². The largest absolute Gasteiger partial charge is 0.365 e. The molecule has 2 aliphatic carbocycles. The van der Waals surface area contributed by atoms with Crippen molar-refractivity contribution in [1.82, 2.24) is 9.55 Å². The second-order valence-electron chi connectivity index (χ2n) is 9.60. The first-order valence-electron chi connectivity index (χ1n) is 11.5. The summed E-state index contributed by atoms with van der Waals surface area (Å²) >= 11 is 0. The molecular formula is C26H29N3O. The first-order valence-corrected chi connectivity index (χ1v) is 11.5. The number of carbonyl (C=O) groups excluding carboxylic acids is 1. The van der Waals surface area contributed by atoms with E-state index in [1.807, 2.05) is 23.9 Å². The Balaban J connectivity index is 1.44. The highest BCUT2D eigenvalue weighted by molar-refractivity contribution is 5.97. The lowest BCUT2D eigenvalue weighted by atomic mass is 9.90. The molecule has 6 rings (SSSR count). The first kappa shape index (κ1) is 18.2. The maximum atomic E-state index is 11.4. The number of fused-ring (bicyclic) bond motifs is 3. The van der Waals surface area contributed by atoms with Crippen LogP contribution in [0.2, 0.25) is 0 Å². The van der Waals surface area contributed by atoms with Crippen molar-refractivity contribution in [3.63, 3.8) is 0 Å². The van der Waals surface area contributed by atoms with Gasteiger partial charge in [0.25, 0.3) is 0 Å². The first-order chi connectivity index (χ1) is 14.7. The number of pyridine rings is 1. The summed E-state index contributed by atoms with van der Waals surface area (Å²) in [5.41, 5.74) is 6.91. The van der Waals surface area contributed by atoms with Gasteiger partial charge in [0, 0.05) is 36.4 Å². The Labute approximate surface area is 177 Å². The highest BCUT2D eigenvalue weighted by atomic mass is 16.1. The van der Waals surface area contributed by atoms with Gasteiger partial charge in [-0.15, -0.1) is 0 Å². The van der Waals surface area contributed by atoms with Crippen LogP contribution in [0.3, 0.4) is 0 Å². The predicted molar refractivity (Wildman–Crippen MR) is 121 cm³/mol. The highest BCUT2D eigenvalue weighted by Crippen LogP contribution is 2.54. The molecule has 0 saturated heterocycles. The lowest BCUT2D eigenvalue weighted by Gasteiger charge is -2.40. The predicted octanol–water partition coefficient (Wildman–Crippen LogP) is 5.38. The maximum Gasteiger partial charge on any atom is 0.166 e. The fraction of sp³-hybridized carbons (Fsp3) is 0.462. The summed E-state index contributed by atoms with van der Waals surface area (Å²) in [6.45, 7) is 2.44. The Morgan fingerprint density at radius 3 is 2.73 bits per heavy atom. The quantitative estimate of drug-likeness (QED) is 0.555. The molecule has 0 N–H and O–H groups in total. The number of hydrogen-bond acceptors (Lipinski definition) is 3. The number of rotatable bonds is 3. The molecule has 1 aliphatic heterocycles. The van der Waals surface area contributed by atoms with Crippen LogP contribution in [0.15, 0.2) is 36.5 Å². The van der Waals surface area contributed by atoms with Crippen molar-refractivity contribution in [3.05, 3.63) is 47.8 Å². The molecule has 4 heteroatoms. The molecule has 2 unspecified atom stereocenters. The van der Waals surface area contributed by atoms with Crippen molar-refractivity contribution < 1.29 is 4.79 Å². The van der Waals surface area contributed by atoms with Crippen LogP contribution in [0.1, 0.15) is 55.1 Å². The van der Waals surface area contributed by atoms with Gasteiger partial charge >= 0.3 is 0 Å². The van der Waals surface area contributed by atoms with Crippen LogP contribution in [0, 0.1) is 11.8 Å². The Bertz CT molecular complexity index is 1140. The van der Waals surface area contributed by atoms with Crippen molar-refractivity contribution in [1.29, 1.82) is 0 Å². The van der Waals surface area contributed by atoms with E-state index in [0.29, 0.717) is 5.69 Å². The van der Waals surface area contributed by atoms with Crippen LogP contribution in [-0.4, -0.2) is 27.9 Å². The van der Waals surface area contributed by atoms with Crippen LogP contribution in [0.4, 0.5) is 5.69 Å². The van der Waals surface area contributed by atoms with Gasteiger partial charge in [0.05, 0.1) is 5.69 Å². The van der Waals surface area contributed by atoms with Crippen LogP contribution in [0.25, 0.3) is 22.2 Å². The lowest BCUT2D eigenvalue weighted by Crippen LogP contribution is -2.42. The number of aromatic nitrogens is 2. The van der Waals surface area contributed by atoms with Crippen molar-refractivity contribution in [2.75, 3.05) is 4.90 Å². The molecule has 0 spiro atoms. The molecule has 4 nitrogen and oxygen atoms in total. The summed E-state index contributed by atoms with van der Waals surface area (Å²) in [7, 11) is 1.91.